The third-order valence-corrected chi connectivity index (χ3v) is 4.80. The van der Waals surface area contributed by atoms with Crippen LogP contribution in [0, 0.1) is 0 Å². The van der Waals surface area contributed by atoms with Crippen molar-refractivity contribution < 1.29 is 13.2 Å². The quantitative estimate of drug-likeness (QED) is 0.772. The summed E-state index contributed by atoms with van der Waals surface area (Å²) in [4.78, 5) is 11.1. The zero-order chi connectivity index (χ0) is 13.3. The van der Waals surface area contributed by atoms with Crippen molar-refractivity contribution >= 4 is 15.9 Å². The molecule has 1 saturated heterocycles. The lowest BCUT2D eigenvalue weighted by molar-refractivity contribution is 0.1000. The Labute approximate surface area is 106 Å². The topological polar surface area (TPSA) is 106 Å². The first-order valence-corrected chi connectivity index (χ1v) is 7.01. The Hall–Kier alpha value is -1.44. The number of carbonyl (C=O) groups is 1. The molecule has 0 bridgehead atoms. The van der Waals surface area contributed by atoms with Crippen molar-refractivity contribution in [2.75, 3.05) is 13.1 Å². The van der Waals surface area contributed by atoms with Crippen molar-refractivity contribution in [3.8, 4) is 0 Å². The predicted molar refractivity (Wildman–Crippen MR) is 66.3 cm³/mol. The summed E-state index contributed by atoms with van der Waals surface area (Å²) in [6, 6.07) is 5.60. The minimum Gasteiger partial charge on any atom is -0.366 e. The summed E-state index contributed by atoms with van der Waals surface area (Å²) < 4.78 is 25.9. The number of carbonyl (C=O) groups excluding carboxylic acids is 1. The van der Waals surface area contributed by atoms with E-state index in [2.05, 4.69) is 0 Å². The molecule has 0 unspecified atom stereocenters. The molecule has 0 aromatic heterocycles. The van der Waals surface area contributed by atoms with Crippen LogP contribution < -0.4 is 11.5 Å². The Bertz CT molecular complexity index is 571. The van der Waals surface area contributed by atoms with Crippen molar-refractivity contribution in [2.45, 2.75) is 17.4 Å². The molecule has 1 aromatic rings. The second-order valence-corrected chi connectivity index (χ2v) is 6.24. The summed E-state index contributed by atoms with van der Waals surface area (Å²) in [6.07, 6.45) is 0.648. The van der Waals surface area contributed by atoms with Gasteiger partial charge in [-0.3, -0.25) is 4.79 Å². The monoisotopic (exact) mass is 269 g/mol. The van der Waals surface area contributed by atoms with E-state index < -0.39 is 15.9 Å². The van der Waals surface area contributed by atoms with E-state index in [1.807, 2.05) is 0 Å². The maximum Gasteiger partial charge on any atom is 0.248 e. The van der Waals surface area contributed by atoms with E-state index >= 15 is 0 Å². The molecule has 1 aliphatic rings. The first kappa shape index (κ1) is 13.0. The van der Waals surface area contributed by atoms with Crippen LogP contribution in [0.15, 0.2) is 29.2 Å². The van der Waals surface area contributed by atoms with Crippen molar-refractivity contribution in [3.63, 3.8) is 0 Å². The molecule has 1 heterocycles. The average molecular weight is 269 g/mol. The molecule has 1 atom stereocenters. The smallest absolute Gasteiger partial charge is 0.248 e. The van der Waals surface area contributed by atoms with Gasteiger partial charge in [0.1, 0.15) is 0 Å². The van der Waals surface area contributed by atoms with Crippen molar-refractivity contribution in [3.05, 3.63) is 29.8 Å². The average Bonchev–Trinajstić information content (AvgIpc) is 2.77. The van der Waals surface area contributed by atoms with Crippen LogP contribution in [-0.4, -0.2) is 37.8 Å². The molecule has 0 spiro atoms. The molecule has 1 aromatic carbocycles. The fourth-order valence-corrected chi connectivity index (χ4v) is 3.49. The van der Waals surface area contributed by atoms with Gasteiger partial charge in [-0.15, -0.1) is 0 Å². The molecule has 1 fully saturated rings. The van der Waals surface area contributed by atoms with Crippen LogP contribution in [0.2, 0.25) is 0 Å². The van der Waals surface area contributed by atoms with Gasteiger partial charge in [0.25, 0.3) is 0 Å². The SMILES string of the molecule is NC(=O)c1cccc(S(=O)(=O)N2CC[C@H](N)C2)c1. The number of nitrogens with two attached hydrogens (primary N) is 2. The van der Waals surface area contributed by atoms with E-state index in [-0.39, 0.29) is 16.5 Å². The Kier molecular flexibility index (Phi) is 3.38. The molecule has 0 saturated carbocycles. The van der Waals surface area contributed by atoms with Crippen molar-refractivity contribution in [1.82, 2.24) is 4.31 Å². The number of rotatable bonds is 3. The molecule has 1 amide bonds. The highest BCUT2D eigenvalue weighted by Crippen LogP contribution is 2.21. The number of hydrogen-bond donors (Lipinski definition) is 2. The van der Waals surface area contributed by atoms with E-state index in [1.165, 1.54) is 28.6 Å². The van der Waals surface area contributed by atoms with Gasteiger partial charge in [0, 0.05) is 24.7 Å². The molecule has 18 heavy (non-hydrogen) atoms. The highest BCUT2D eigenvalue weighted by molar-refractivity contribution is 7.89. The number of sulfonamides is 1. The van der Waals surface area contributed by atoms with Gasteiger partial charge in [0.05, 0.1) is 4.90 Å². The number of amides is 1. The second kappa shape index (κ2) is 4.68. The predicted octanol–water partition coefficient (Wildman–Crippen LogP) is -0.493. The van der Waals surface area contributed by atoms with E-state index in [1.54, 1.807) is 0 Å². The van der Waals surface area contributed by atoms with E-state index in [4.69, 9.17) is 11.5 Å². The number of nitrogens with zero attached hydrogens (tertiary/aromatic N) is 1. The van der Waals surface area contributed by atoms with Crippen LogP contribution in [0.1, 0.15) is 16.8 Å². The Morgan fingerprint density at radius 3 is 2.67 bits per heavy atom. The molecule has 0 aliphatic carbocycles. The van der Waals surface area contributed by atoms with Crippen LogP contribution in [0.3, 0.4) is 0 Å². The molecule has 1 aliphatic heterocycles. The molecule has 7 heteroatoms. The number of benzene rings is 1. The maximum atomic E-state index is 12.3. The first-order chi connectivity index (χ1) is 8.41. The molecular formula is C11H15N3O3S. The van der Waals surface area contributed by atoms with Gasteiger partial charge < -0.3 is 11.5 Å². The van der Waals surface area contributed by atoms with Crippen LogP contribution in [0.5, 0.6) is 0 Å². The lowest BCUT2D eigenvalue weighted by Gasteiger charge is -2.16. The summed E-state index contributed by atoms with van der Waals surface area (Å²) in [7, 11) is -3.58. The fraction of sp³-hybridized carbons (Fsp3) is 0.364. The molecule has 98 valence electrons. The van der Waals surface area contributed by atoms with Gasteiger partial charge in [-0.1, -0.05) is 6.07 Å². The van der Waals surface area contributed by atoms with E-state index in [9.17, 15) is 13.2 Å². The molecule has 6 nitrogen and oxygen atoms in total. The number of primary amides is 1. The second-order valence-electron chi connectivity index (χ2n) is 4.30. The van der Waals surface area contributed by atoms with Crippen molar-refractivity contribution in [1.29, 1.82) is 0 Å². The fourth-order valence-electron chi connectivity index (χ4n) is 1.93. The summed E-state index contributed by atoms with van der Waals surface area (Å²) in [6.45, 7) is 0.716. The van der Waals surface area contributed by atoms with E-state index in [0.29, 0.717) is 19.5 Å². The Morgan fingerprint density at radius 2 is 2.11 bits per heavy atom. The van der Waals surface area contributed by atoms with Gasteiger partial charge in [0.2, 0.25) is 15.9 Å². The normalized spacial score (nSPS) is 21.1. The zero-order valence-electron chi connectivity index (χ0n) is 9.74. The summed E-state index contributed by atoms with van der Waals surface area (Å²) in [5.41, 5.74) is 11.0. The van der Waals surface area contributed by atoms with Crippen LogP contribution in [-0.2, 0) is 10.0 Å². The van der Waals surface area contributed by atoms with Gasteiger partial charge in [-0.05, 0) is 24.6 Å². The Balaban J connectivity index is 2.35. The summed E-state index contributed by atoms with van der Waals surface area (Å²) in [5.74, 6) is -0.648. The van der Waals surface area contributed by atoms with Crippen molar-refractivity contribution in [2.24, 2.45) is 11.5 Å². The van der Waals surface area contributed by atoms with Crippen LogP contribution in [0.4, 0.5) is 0 Å². The number of hydrogen-bond acceptors (Lipinski definition) is 4. The van der Waals surface area contributed by atoms with E-state index in [0.717, 1.165) is 0 Å². The highest BCUT2D eigenvalue weighted by atomic mass is 32.2. The summed E-state index contributed by atoms with van der Waals surface area (Å²) >= 11 is 0. The molecular weight excluding hydrogens is 254 g/mol. The highest BCUT2D eigenvalue weighted by Gasteiger charge is 2.31. The zero-order valence-corrected chi connectivity index (χ0v) is 10.6. The van der Waals surface area contributed by atoms with Gasteiger partial charge >= 0.3 is 0 Å². The van der Waals surface area contributed by atoms with Crippen LogP contribution in [0.25, 0.3) is 0 Å². The van der Waals surface area contributed by atoms with Gasteiger partial charge in [-0.2, -0.15) is 4.31 Å². The third-order valence-electron chi connectivity index (χ3n) is 2.94. The van der Waals surface area contributed by atoms with Gasteiger partial charge in [-0.25, -0.2) is 8.42 Å². The van der Waals surface area contributed by atoms with Gasteiger partial charge in [0.15, 0.2) is 0 Å². The molecule has 4 N–H and O–H groups in total. The Morgan fingerprint density at radius 1 is 1.39 bits per heavy atom. The standard InChI is InChI=1S/C11H15N3O3S/c12-9-4-5-14(7-9)18(16,17)10-3-1-2-8(6-10)11(13)15/h1-3,6,9H,4-5,7,12H2,(H2,13,15)/t9-/m0/s1. The lowest BCUT2D eigenvalue weighted by atomic mass is 10.2. The van der Waals surface area contributed by atoms with Crippen LogP contribution >= 0.6 is 0 Å². The summed E-state index contributed by atoms with van der Waals surface area (Å²) in [5, 5.41) is 0. The lowest BCUT2D eigenvalue weighted by Crippen LogP contribution is -2.32. The minimum atomic E-state index is -3.58. The largest absolute Gasteiger partial charge is 0.366 e. The minimum absolute atomic E-state index is 0.0768. The third kappa shape index (κ3) is 2.38. The molecule has 2 rings (SSSR count). The first-order valence-electron chi connectivity index (χ1n) is 5.57. The molecule has 0 radical (unpaired) electrons. The maximum absolute atomic E-state index is 12.3.